The number of fused-ring (bicyclic) bond motifs is 1. The third-order valence-electron chi connectivity index (χ3n) is 2.48. The molecule has 0 amide bonds. The first-order valence-electron chi connectivity index (χ1n) is 4.93. The highest BCUT2D eigenvalue weighted by Gasteiger charge is 2.22. The SMILES string of the molecule is CC(CO)c1ccc(F)c2c1OCCO2. The van der Waals surface area contributed by atoms with Gasteiger partial charge in [0.05, 0.1) is 0 Å². The first-order valence-corrected chi connectivity index (χ1v) is 4.93. The average molecular weight is 212 g/mol. The maximum Gasteiger partial charge on any atom is 0.197 e. The second-order valence-electron chi connectivity index (χ2n) is 3.58. The number of aliphatic hydroxyl groups is 1. The quantitative estimate of drug-likeness (QED) is 0.810. The molecule has 0 spiro atoms. The molecule has 82 valence electrons. The van der Waals surface area contributed by atoms with Crippen molar-refractivity contribution in [1.29, 1.82) is 0 Å². The Morgan fingerprint density at radius 3 is 2.67 bits per heavy atom. The fraction of sp³-hybridized carbons (Fsp3) is 0.455. The van der Waals surface area contributed by atoms with Crippen LogP contribution in [-0.4, -0.2) is 24.9 Å². The minimum atomic E-state index is -0.418. The standard InChI is InChI=1S/C11H13FO3/c1-7(6-13)8-2-3-9(12)11-10(8)14-4-5-15-11/h2-3,7,13H,4-6H2,1H3. The molecule has 1 N–H and O–H groups in total. The van der Waals surface area contributed by atoms with Gasteiger partial charge in [0.2, 0.25) is 0 Å². The highest BCUT2D eigenvalue weighted by molar-refractivity contribution is 5.49. The van der Waals surface area contributed by atoms with Gasteiger partial charge in [-0.2, -0.15) is 0 Å². The van der Waals surface area contributed by atoms with Crippen molar-refractivity contribution in [2.75, 3.05) is 19.8 Å². The minimum absolute atomic E-state index is 0.00142. The van der Waals surface area contributed by atoms with Crippen molar-refractivity contribution in [2.24, 2.45) is 0 Å². The monoisotopic (exact) mass is 212 g/mol. The van der Waals surface area contributed by atoms with Crippen LogP contribution < -0.4 is 9.47 Å². The van der Waals surface area contributed by atoms with Crippen LogP contribution in [0.25, 0.3) is 0 Å². The summed E-state index contributed by atoms with van der Waals surface area (Å²) in [5.74, 6) is 0.0986. The van der Waals surface area contributed by atoms with E-state index in [1.54, 1.807) is 6.07 Å². The van der Waals surface area contributed by atoms with E-state index >= 15 is 0 Å². The molecule has 1 aromatic rings. The molecule has 1 aliphatic rings. The lowest BCUT2D eigenvalue weighted by molar-refractivity contribution is 0.160. The molecular formula is C11H13FO3. The number of halogens is 1. The van der Waals surface area contributed by atoms with Gasteiger partial charge in [0, 0.05) is 18.1 Å². The zero-order valence-electron chi connectivity index (χ0n) is 8.50. The number of ether oxygens (including phenoxy) is 2. The van der Waals surface area contributed by atoms with Gasteiger partial charge in [0.1, 0.15) is 13.2 Å². The van der Waals surface area contributed by atoms with E-state index < -0.39 is 5.82 Å². The van der Waals surface area contributed by atoms with Crippen LogP contribution in [0.3, 0.4) is 0 Å². The fourth-order valence-electron chi connectivity index (χ4n) is 1.61. The first-order chi connectivity index (χ1) is 7.24. The first kappa shape index (κ1) is 10.2. The van der Waals surface area contributed by atoms with Crippen molar-refractivity contribution in [2.45, 2.75) is 12.8 Å². The summed E-state index contributed by atoms with van der Waals surface area (Å²) in [4.78, 5) is 0. The summed E-state index contributed by atoms with van der Waals surface area (Å²) < 4.78 is 23.9. The summed E-state index contributed by atoms with van der Waals surface area (Å²) in [5.41, 5.74) is 0.786. The van der Waals surface area contributed by atoms with Crippen LogP contribution in [0.15, 0.2) is 12.1 Å². The molecule has 2 rings (SSSR count). The Morgan fingerprint density at radius 2 is 2.00 bits per heavy atom. The summed E-state index contributed by atoms with van der Waals surface area (Å²) >= 11 is 0. The van der Waals surface area contributed by atoms with E-state index in [2.05, 4.69) is 0 Å². The Kier molecular flexibility index (Phi) is 2.77. The minimum Gasteiger partial charge on any atom is -0.486 e. The Morgan fingerprint density at radius 1 is 1.33 bits per heavy atom. The molecule has 1 unspecified atom stereocenters. The second kappa shape index (κ2) is 4.06. The molecule has 3 nitrogen and oxygen atoms in total. The van der Waals surface area contributed by atoms with Crippen LogP contribution in [0.4, 0.5) is 4.39 Å². The van der Waals surface area contributed by atoms with Crippen LogP contribution in [0.1, 0.15) is 18.4 Å². The van der Waals surface area contributed by atoms with Gasteiger partial charge in [0.25, 0.3) is 0 Å². The van der Waals surface area contributed by atoms with E-state index in [4.69, 9.17) is 14.6 Å². The normalized spacial score (nSPS) is 16.2. The fourth-order valence-corrected chi connectivity index (χ4v) is 1.61. The zero-order chi connectivity index (χ0) is 10.8. The van der Waals surface area contributed by atoms with Gasteiger partial charge in [-0.3, -0.25) is 0 Å². The number of aliphatic hydroxyl groups excluding tert-OH is 1. The van der Waals surface area contributed by atoms with Crippen molar-refractivity contribution in [3.05, 3.63) is 23.5 Å². The lowest BCUT2D eigenvalue weighted by Crippen LogP contribution is -2.18. The van der Waals surface area contributed by atoms with Crippen molar-refractivity contribution in [3.8, 4) is 11.5 Å². The highest BCUT2D eigenvalue weighted by atomic mass is 19.1. The third-order valence-corrected chi connectivity index (χ3v) is 2.48. The number of rotatable bonds is 2. The van der Waals surface area contributed by atoms with E-state index in [1.165, 1.54) is 6.07 Å². The molecule has 1 atom stereocenters. The molecule has 1 aromatic carbocycles. The predicted octanol–water partition coefficient (Wildman–Crippen LogP) is 1.69. The lowest BCUT2D eigenvalue weighted by Gasteiger charge is -2.23. The van der Waals surface area contributed by atoms with Crippen LogP contribution in [-0.2, 0) is 0 Å². The average Bonchev–Trinajstić information content (AvgIpc) is 2.29. The van der Waals surface area contributed by atoms with E-state index in [-0.39, 0.29) is 18.3 Å². The third kappa shape index (κ3) is 1.77. The van der Waals surface area contributed by atoms with E-state index in [9.17, 15) is 4.39 Å². The highest BCUT2D eigenvalue weighted by Crippen LogP contribution is 2.39. The van der Waals surface area contributed by atoms with Gasteiger partial charge in [-0.15, -0.1) is 0 Å². The molecule has 0 bridgehead atoms. The zero-order valence-corrected chi connectivity index (χ0v) is 8.50. The largest absolute Gasteiger partial charge is 0.486 e. The summed E-state index contributed by atoms with van der Waals surface area (Å²) in [6.45, 7) is 2.63. The van der Waals surface area contributed by atoms with Gasteiger partial charge in [-0.1, -0.05) is 13.0 Å². The summed E-state index contributed by atoms with van der Waals surface area (Å²) in [6.07, 6.45) is 0. The van der Waals surface area contributed by atoms with E-state index in [1.807, 2.05) is 6.92 Å². The number of hydrogen-bond donors (Lipinski definition) is 1. The van der Waals surface area contributed by atoms with Crippen LogP contribution in [0.5, 0.6) is 11.5 Å². The Labute approximate surface area is 87.4 Å². The van der Waals surface area contributed by atoms with Crippen molar-refractivity contribution < 1.29 is 19.0 Å². The summed E-state index contributed by atoms with van der Waals surface area (Å²) in [7, 11) is 0. The maximum absolute atomic E-state index is 13.4. The van der Waals surface area contributed by atoms with Gasteiger partial charge in [0.15, 0.2) is 17.3 Å². The van der Waals surface area contributed by atoms with Crippen LogP contribution in [0.2, 0.25) is 0 Å². The molecule has 1 aliphatic heterocycles. The van der Waals surface area contributed by atoms with Gasteiger partial charge < -0.3 is 14.6 Å². The molecular weight excluding hydrogens is 199 g/mol. The lowest BCUT2D eigenvalue weighted by atomic mass is 10.00. The van der Waals surface area contributed by atoms with Gasteiger partial charge in [-0.05, 0) is 6.07 Å². The Bertz CT molecular complexity index is 365. The second-order valence-corrected chi connectivity index (χ2v) is 3.58. The smallest absolute Gasteiger partial charge is 0.197 e. The Hall–Kier alpha value is -1.29. The number of hydrogen-bond acceptors (Lipinski definition) is 3. The number of benzene rings is 1. The molecule has 0 fully saturated rings. The van der Waals surface area contributed by atoms with E-state index in [0.29, 0.717) is 19.0 Å². The molecule has 0 saturated heterocycles. The van der Waals surface area contributed by atoms with Crippen LogP contribution >= 0.6 is 0 Å². The Balaban J connectivity index is 2.48. The molecule has 0 saturated carbocycles. The maximum atomic E-state index is 13.4. The van der Waals surface area contributed by atoms with Gasteiger partial charge >= 0.3 is 0 Å². The van der Waals surface area contributed by atoms with E-state index in [0.717, 1.165) is 5.56 Å². The van der Waals surface area contributed by atoms with Gasteiger partial charge in [-0.25, -0.2) is 4.39 Å². The van der Waals surface area contributed by atoms with Crippen molar-refractivity contribution >= 4 is 0 Å². The molecule has 0 aromatic heterocycles. The predicted molar refractivity (Wildman–Crippen MR) is 52.9 cm³/mol. The molecule has 0 aliphatic carbocycles. The van der Waals surface area contributed by atoms with Crippen molar-refractivity contribution in [3.63, 3.8) is 0 Å². The topological polar surface area (TPSA) is 38.7 Å². The molecule has 15 heavy (non-hydrogen) atoms. The molecule has 0 radical (unpaired) electrons. The summed E-state index contributed by atoms with van der Waals surface area (Å²) in [6, 6.07) is 2.97. The molecule has 1 heterocycles. The van der Waals surface area contributed by atoms with Crippen molar-refractivity contribution in [1.82, 2.24) is 0 Å². The molecule has 4 heteroatoms. The summed E-state index contributed by atoms with van der Waals surface area (Å²) in [5, 5.41) is 9.07. The van der Waals surface area contributed by atoms with Crippen LogP contribution in [0, 0.1) is 5.82 Å².